The summed E-state index contributed by atoms with van der Waals surface area (Å²) in [7, 11) is 0. The second-order valence-electron chi connectivity index (χ2n) is 5.21. The zero-order valence-electron chi connectivity index (χ0n) is 11.7. The zero-order valence-corrected chi connectivity index (χ0v) is 11.7. The molecule has 3 amide bonds. The highest BCUT2D eigenvalue weighted by molar-refractivity contribution is 6.04. The molecule has 104 valence electrons. The molecule has 1 saturated heterocycles. The molecule has 1 aliphatic rings. The summed E-state index contributed by atoms with van der Waals surface area (Å²) < 4.78 is 0. The fraction of sp³-hybridized carbons (Fsp3) is 0.846. The van der Waals surface area contributed by atoms with Gasteiger partial charge in [-0.25, -0.2) is 4.79 Å². The van der Waals surface area contributed by atoms with Gasteiger partial charge in [-0.2, -0.15) is 0 Å². The fourth-order valence-electron chi connectivity index (χ4n) is 2.35. The number of hydrogen-bond acceptors (Lipinski definition) is 3. The third-order valence-electron chi connectivity index (χ3n) is 3.21. The van der Waals surface area contributed by atoms with Gasteiger partial charge in [-0.3, -0.25) is 9.69 Å². The number of carbonyl (C=O) groups is 2. The third kappa shape index (κ3) is 3.22. The predicted molar refractivity (Wildman–Crippen MR) is 71.0 cm³/mol. The summed E-state index contributed by atoms with van der Waals surface area (Å²) in [5.41, 5.74) is 5.47. The molecular weight excluding hydrogens is 230 g/mol. The average Bonchev–Trinajstić information content (AvgIpc) is 2.52. The first kappa shape index (κ1) is 15.0. The number of rotatable bonds is 7. The van der Waals surface area contributed by atoms with E-state index in [1.807, 2.05) is 6.92 Å². The van der Waals surface area contributed by atoms with Crippen molar-refractivity contribution in [2.45, 2.75) is 46.1 Å². The zero-order chi connectivity index (χ0) is 13.7. The van der Waals surface area contributed by atoms with Crippen molar-refractivity contribution in [3.8, 4) is 0 Å². The van der Waals surface area contributed by atoms with Crippen LogP contribution >= 0.6 is 0 Å². The van der Waals surface area contributed by atoms with E-state index in [2.05, 4.69) is 13.8 Å². The molecule has 0 aliphatic carbocycles. The quantitative estimate of drug-likeness (QED) is 0.552. The van der Waals surface area contributed by atoms with Crippen molar-refractivity contribution in [2.75, 3.05) is 19.6 Å². The summed E-state index contributed by atoms with van der Waals surface area (Å²) in [4.78, 5) is 27.4. The van der Waals surface area contributed by atoms with Gasteiger partial charge in [-0.15, -0.1) is 0 Å². The number of amides is 3. The van der Waals surface area contributed by atoms with E-state index >= 15 is 0 Å². The van der Waals surface area contributed by atoms with Crippen molar-refractivity contribution in [3.05, 3.63) is 0 Å². The maximum Gasteiger partial charge on any atom is 0.327 e. The molecular formula is C13H25N3O2. The van der Waals surface area contributed by atoms with E-state index in [1.54, 1.807) is 4.90 Å². The molecule has 1 atom stereocenters. The molecule has 0 bridgehead atoms. The molecule has 0 saturated carbocycles. The number of hydrogen-bond donors (Lipinski definition) is 1. The second-order valence-corrected chi connectivity index (χ2v) is 5.21. The molecule has 0 radical (unpaired) electrons. The van der Waals surface area contributed by atoms with Gasteiger partial charge in [0, 0.05) is 13.1 Å². The molecule has 0 aromatic rings. The molecule has 1 fully saturated rings. The summed E-state index contributed by atoms with van der Waals surface area (Å²) in [6.07, 6.45) is 2.52. The average molecular weight is 255 g/mol. The molecule has 5 nitrogen and oxygen atoms in total. The Bertz CT molecular complexity index is 305. The van der Waals surface area contributed by atoms with Gasteiger partial charge >= 0.3 is 6.03 Å². The number of imide groups is 1. The van der Waals surface area contributed by atoms with Gasteiger partial charge in [-0.05, 0) is 38.6 Å². The van der Waals surface area contributed by atoms with E-state index < -0.39 is 0 Å². The Morgan fingerprint density at radius 1 is 1.28 bits per heavy atom. The van der Waals surface area contributed by atoms with Crippen LogP contribution in [0.25, 0.3) is 0 Å². The van der Waals surface area contributed by atoms with Crippen molar-refractivity contribution >= 4 is 11.9 Å². The van der Waals surface area contributed by atoms with Gasteiger partial charge in [0.1, 0.15) is 6.04 Å². The van der Waals surface area contributed by atoms with Gasteiger partial charge in [0.25, 0.3) is 5.91 Å². The molecule has 0 unspecified atom stereocenters. The number of likely N-dealkylation sites (N-methyl/N-ethyl adjacent to an activating group) is 1. The van der Waals surface area contributed by atoms with E-state index in [0.717, 1.165) is 19.3 Å². The van der Waals surface area contributed by atoms with Crippen LogP contribution in [0.3, 0.4) is 0 Å². The first-order valence-corrected chi connectivity index (χ1v) is 6.84. The lowest BCUT2D eigenvalue weighted by Crippen LogP contribution is -2.38. The lowest BCUT2D eigenvalue weighted by Gasteiger charge is -2.23. The van der Waals surface area contributed by atoms with Crippen molar-refractivity contribution in [3.63, 3.8) is 0 Å². The largest absolute Gasteiger partial charge is 0.330 e. The van der Waals surface area contributed by atoms with Crippen LogP contribution in [0.1, 0.15) is 40.0 Å². The van der Waals surface area contributed by atoms with Crippen LogP contribution in [0.2, 0.25) is 0 Å². The lowest BCUT2D eigenvalue weighted by atomic mass is 10.1. The number of carbonyl (C=O) groups excluding carboxylic acids is 2. The minimum absolute atomic E-state index is 0.0415. The molecule has 1 heterocycles. The Morgan fingerprint density at radius 3 is 2.44 bits per heavy atom. The molecule has 1 rings (SSSR count). The van der Waals surface area contributed by atoms with Gasteiger partial charge in [0.15, 0.2) is 0 Å². The van der Waals surface area contributed by atoms with E-state index in [9.17, 15) is 9.59 Å². The first-order chi connectivity index (χ1) is 8.52. The van der Waals surface area contributed by atoms with Crippen molar-refractivity contribution in [1.82, 2.24) is 9.80 Å². The number of nitrogens with zero attached hydrogens (tertiary/aromatic N) is 2. The summed E-state index contributed by atoms with van der Waals surface area (Å²) >= 11 is 0. The van der Waals surface area contributed by atoms with Gasteiger partial charge in [-0.1, -0.05) is 13.8 Å². The number of nitrogens with two attached hydrogens (primary N) is 1. The topological polar surface area (TPSA) is 66.6 Å². The molecule has 18 heavy (non-hydrogen) atoms. The molecule has 0 spiro atoms. The minimum atomic E-state index is -0.272. The SMILES string of the molecule is CCN1C(=O)[C@H](CCCCN)N(CC(C)C)C1=O. The van der Waals surface area contributed by atoms with Gasteiger partial charge in [0.05, 0.1) is 0 Å². The monoisotopic (exact) mass is 255 g/mol. The van der Waals surface area contributed by atoms with E-state index in [1.165, 1.54) is 4.90 Å². The summed E-state index contributed by atoms with van der Waals surface area (Å²) in [6, 6.07) is -0.402. The highest BCUT2D eigenvalue weighted by Gasteiger charge is 2.43. The molecule has 0 aromatic carbocycles. The second kappa shape index (κ2) is 6.73. The lowest BCUT2D eigenvalue weighted by molar-refractivity contribution is -0.128. The molecule has 0 aromatic heterocycles. The smallest absolute Gasteiger partial charge is 0.327 e. The van der Waals surface area contributed by atoms with Crippen LogP contribution in [0, 0.1) is 5.92 Å². The molecule has 2 N–H and O–H groups in total. The van der Waals surface area contributed by atoms with Crippen LogP contribution in [0.4, 0.5) is 4.79 Å². The Hall–Kier alpha value is -1.10. The Balaban J connectivity index is 2.74. The molecule has 5 heteroatoms. The maximum absolute atomic E-state index is 12.2. The van der Waals surface area contributed by atoms with Crippen LogP contribution in [0.15, 0.2) is 0 Å². The molecule has 1 aliphatic heterocycles. The van der Waals surface area contributed by atoms with Crippen LogP contribution in [-0.4, -0.2) is 47.4 Å². The predicted octanol–water partition coefficient (Wildman–Crippen LogP) is 1.42. The summed E-state index contributed by atoms with van der Waals surface area (Å²) in [6.45, 7) is 7.70. The third-order valence-corrected chi connectivity index (χ3v) is 3.21. The van der Waals surface area contributed by atoms with Crippen LogP contribution < -0.4 is 5.73 Å². The highest BCUT2D eigenvalue weighted by atomic mass is 16.2. The van der Waals surface area contributed by atoms with Crippen molar-refractivity contribution in [2.24, 2.45) is 11.7 Å². The highest BCUT2D eigenvalue weighted by Crippen LogP contribution is 2.22. The van der Waals surface area contributed by atoms with Crippen LogP contribution in [0.5, 0.6) is 0 Å². The Labute approximate surface area is 109 Å². The fourth-order valence-corrected chi connectivity index (χ4v) is 2.35. The van der Waals surface area contributed by atoms with Crippen molar-refractivity contribution in [1.29, 1.82) is 0 Å². The van der Waals surface area contributed by atoms with Crippen LogP contribution in [-0.2, 0) is 4.79 Å². The summed E-state index contributed by atoms with van der Waals surface area (Å²) in [5, 5.41) is 0. The minimum Gasteiger partial charge on any atom is -0.330 e. The van der Waals surface area contributed by atoms with Gasteiger partial charge in [0.2, 0.25) is 0 Å². The standard InChI is InChI=1S/C13H25N3O2/c1-4-15-12(17)11(7-5-6-8-14)16(13(15)18)9-10(2)3/h10-11H,4-9,14H2,1-3H3/t11-/m0/s1. The Morgan fingerprint density at radius 2 is 1.94 bits per heavy atom. The first-order valence-electron chi connectivity index (χ1n) is 6.84. The summed E-state index contributed by atoms with van der Waals surface area (Å²) in [5.74, 6) is 0.329. The van der Waals surface area contributed by atoms with Gasteiger partial charge < -0.3 is 10.6 Å². The number of urea groups is 1. The Kier molecular flexibility index (Phi) is 5.59. The number of unbranched alkanes of at least 4 members (excludes halogenated alkanes) is 1. The van der Waals surface area contributed by atoms with E-state index in [0.29, 0.717) is 25.6 Å². The van der Waals surface area contributed by atoms with E-state index in [4.69, 9.17) is 5.73 Å². The van der Waals surface area contributed by atoms with Crippen molar-refractivity contribution < 1.29 is 9.59 Å². The maximum atomic E-state index is 12.2. The normalized spacial score (nSPS) is 20.4. The van der Waals surface area contributed by atoms with E-state index in [-0.39, 0.29) is 18.0 Å².